The van der Waals surface area contributed by atoms with Crippen molar-refractivity contribution in [3.05, 3.63) is 66.7 Å². The summed E-state index contributed by atoms with van der Waals surface area (Å²) < 4.78 is 5.84. The average molecular weight is 241 g/mol. The molecule has 0 fully saturated rings. The van der Waals surface area contributed by atoms with Crippen LogP contribution in [0.4, 0.5) is 0 Å². The highest BCUT2D eigenvalue weighted by Crippen LogP contribution is 2.32. The largest absolute Gasteiger partial charge is 0.456 e. The minimum absolute atomic E-state index is 0.730. The van der Waals surface area contributed by atoms with Gasteiger partial charge in [0, 0.05) is 5.56 Å². The number of para-hydroxylation sites is 2. The molecular weight excluding hydrogens is 228 g/mol. The molecule has 0 unspecified atom stereocenters. The third-order valence-corrected chi connectivity index (χ3v) is 2.71. The van der Waals surface area contributed by atoms with Gasteiger partial charge in [0.2, 0.25) is 0 Å². The Kier molecular flexibility index (Phi) is 3.78. The first-order chi connectivity index (χ1) is 8.31. The van der Waals surface area contributed by atoms with E-state index in [9.17, 15) is 0 Å². The van der Waals surface area contributed by atoms with Gasteiger partial charge in [-0.15, -0.1) is 6.58 Å². The molecule has 85 valence electrons. The number of ether oxygens (including phenoxy) is 1. The van der Waals surface area contributed by atoms with E-state index in [1.807, 2.05) is 54.6 Å². The van der Waals surface area contributed by atoms with Crippen LogP contribution in [0.3, 0.4) is 0 Å². The Labute approximate surface area is 107 Å². The molecule has 1 nitrogen and oxygen atoms in total. The van der Waals surface area contributed by atoms with Crippen LogP contribution in [0.25, 0.3) is 0 Å². The molecule has 0 N–H and O–H groups in total. The van der Waals surface area contributed by atoms with Gasteiger partial charge in [-0.3, -0.25) is 0 Å². The van der Waals surface area contributed by atoms with Gasteiger partial charge in [-0.05, 0) is 24.6 Å². The molecule has 0 aliphatic rings. The van der Waals surface area contributed by atoms with Crippen LogP contribution in [0, 0.1) is 0 Å². The number of hydrogen-bond acceptors (Lipinski definition) is 1. The van der Waals surface area contributed by atoms with Crippen molar-refractivity contribution in [2.75, 3.05) is 0 Å². The van der Waals surface area contributed by atoms with Crippen molar-refractivity contribution in [3.63, 3.8) is 0 Å². The van der Waals surface area contributed by atoms with Gasteiger partial charge >= 0.3 is 0 Å². The highest BCUT2D eigenvalue weighted by Gasteiger charge is 2.08. The van der Waals surface area contributed by atoms with Gasteiger partial charge in [0.15, 0.2) is 0 Å². The van der Waals surface area contributed by atoms with Gasteiger partial charge < -0.3 is 4.74 Å². The monoisotopic (exact) mass is 241 g/mol. The Morgan fingerprint density at radius 3 is 2.53 bits per heavy atom. The van der Waals surface area contributed by atoms with Crippen molar-refractivity contribution in [2.24, 2.45) is 0 Å². The van der Waals surface area contributed by atoms with E-state index in [-0.39, 0.29) is 0 Å². The van der Waals surface area contributed by atoms with E-state index < -0.39 is 0 Å². The van der Waals surface area contributed by atoms with Crippen LogP contribution >= 0.6 is 12.6 Å². The molecule has 0 spiro atoms. The summed E-state index contributed by atoms with van der Waals surface area (Å²) in [5.41, 5.74) is 1.07. The number of rotatable bonds is 4. The summed E-state index contributed by atoms with van der Waals surface area (Å²) >= 11 is 5.29. The fourth-order valence-corrected chi connectivity index (χ4v) is 1.85. The molecule has 2 rings (SSSR count). The minimum Gasteiger partial charge on any atom is -0.456 e. The minimum atomic E-state index is 0.730. The van der Waals surface area contributed by atoms with Crippen LogP contribution in [0.5, 0.6) is 11.5 Å². The lowest BCUT2D eigenvalue weighted by Gasteiger charge is -2.11. The molecule has 0 atom stereocenters. The summed E-state index contributed by atoms with van der Waals surface area (Å²) in [5.74, 6) is 1.56. The van der Waals surface area contributed by atoms with Gasteiger partial charge in [0.1, 0.15) is 11.5 Å². The fourth-order valence-electron chi connectivity index (χ4n) is 1.60. The third kappa shape index (κ3) is 2.86. The Morgan fingerprint density at radius 1 is 1.06 bits per heavy atom. The lowest BCUT2D eigenvalue weighted by molar-refractivity contribution is 0.466. The number of hydrogen-bond donors (Lipinski definition) is 0. The summed E-state index contributed by atoms with van der Waals surface area (Å²) in [5, 5.41) is 0. The van der Waals surface area contributed by atoms with Crippen LogP contribution in [0.15, 0.2) is 66.1 Å². The summed E-state index contributed by atoms with van der Waals surface area (Å²) in [6.07, 6.45) is 2.61. The van der Waals surface area contributed by atoms with Crippen molar-refractivity contribution in [3.8, 4) is 11.5 Å². The molecule has 0 saturated heterocycles. The highest BCUT2D eigenvalue weighted by atomic mass is 32.1. The molecule has 2 aromatic rings. The molecule has 0 amide bonds. The van der Waals surface area contributed by atoms with Crippen molar-refractivity contribution >= 4 is 12.6 Å². The van der Waals surface area contributed by atoms with Crippen LogP contribution in [-0.2, 0) is 6.42 Å². The van der Waals surface area contributed by atoms with E-state index in [0.717, 1.165) is 28.4 Å². The van der Waals surface area contributed by atoms with E-state index in [1.165, 1.54) is 0 Å². The van der Waals surface area contributed by atoms with Gasteiger partial charge in [-0.25, -0.2) is 0 Å². The lowest BCUT2D eigenvalue weighted by atomic mass is 10.1. The van der Waals surface area contributed by atoms with Gasteiger partial charge in [-0.2, -0.15) is 0 Å². The van der Waals surface area contributed by atoms with E-state index in [2.05, 4.69) is 6.58 Å². The summed E-state index contributed by atoms with van der Waals surface area (Å²) in [6, 6.07) is 15.5. The zero-order chi connectivity index (χ0) is 12.1. The molecule has 17 heavy (non-hydrogen) atoms. The Bertz CT molecular complexity index is 506. The standard InChI is InChI=1S/C15H13OS/c1-2-7-12-8-6-11-14(17)15(12)16-13-9-4-3-5-10-13/h2-6,8-11H,1,7H2. The molecule has 0 heterocycles. The molecule has 0 aliphatic heterocycles. The van der Waals surface area contributed by atoms with Crippen LogP contribution in [0.1, 0.15) is 5.56 Å². The number of allylic oxidation sites excluding steroid dienone is 1. The van der Waals surface area contributed by atoms with E-state index in [0.29, 0.717) is 0 Å². The molecule has 0 saturated carbocycles. The van der Waals surface area contributed by atoms with Gasteiger partial charge in [0.05, 0.1) is 4.90 Å². The second-order valence-electron chi connectivity index (χ2n) is 3.65. The van der Waals surface area contributed by atoms with Crippen molar-refractivity contribution in [1.82, 2.24) is 0 Å². The maximum atomic E-state index is 5.84. The first-order valence-electron chi connectivity index (χ1n) is 5.44. The maximum Gasteiger partial charge on any atom is 0.148 e. The van der Waals surface area contributed by atoms with Crippen LogP contribution < -0.4 is 4.74 Å². The smallest absolute Gasteiger partial charge is 0.148 e. The summed E-state index contributed by atoms with van der Waals surface area (Å²) in [6.45, 7) is 3.74. The molecule has 2 aromatic carbocycles. The average Bonchev–Trinajstić information content (AvgIpc) is 2.35. The predicted molar refractivity (Wildman–Crippen MR) is 72.7 cm³/mol. The zero-order valence-electron chi connectivity index (χ0n) is 9.43. The summed E-state index contributed by atoms with van der Waals surface area (Å²) in [7, 11) is 0. The Hall–Kier alpha value is -1.80. The first-order valence-corrected chi connectivity index (χ1v) is 5.85. The zero-order valence-corrected chi connectivity index (χ0v) is 10.2. The molecule has 0 aromatic heterocycles. The van der Waals surface area contributed by atoms with Crippen LogP contribution in [-0.4, -0.2) is 0 Å². The molecule has 2 heteroatoms. The van der Waals surface area contributed by atoms with Crippen LogP contribution in [0.2, 0.25) is 0 Å². The summed E-state index contributed by atoms with van der Waals surface area (Å²) in [4.78, 5) is 0.730. The number of benzene rings is 2. The van der Waals surface area contributed by atoms with Crippen molar-refractivity contribution in [1.29, 1.82) is 0 Å². The quantitative estimate of drug-likeness (QED) is 0.701. The lowest BCUT2D eigenvalue weighted by Crippen LogP contribution is -1.92. The second kappa shape index (κ2) is 5.51. The molecule has 0 bridgehead atoms. The third-order valence-electron chi connectivity index (χ3n) is 2.39. The SMILES string of the molecule is C=CCc1cccc([S])c1Oc1ccccc1. The topological polar surface area (TPSA) is 9.23 Å². The predicted octanol–water partition coefficient (Wildman–Crippen LogP) is 4.76. The van der Waals surface area contributed by atoms with E-state index in [1.54, 1.807) is 0 Å². The maximum absolute atomic E-state index is 5.84. The highest BCUT2D eigenvalue weighted by molar-refractivity contribution is 7.80. The molecule has 0 aliphatic carbocycles. The normalized spacial score (nSPS) is 9.88. The van der Waals surface area contributed by atoms with E-state index in [4.69, 9.17) is 17.4 Å². The Balaban J connectivity index is 2.34. The van der Waals surface area contributed by atoms with E-state index >= 15 is 0 Å². The Morgan fingerprint density at radius 2 is 1.82 bits per heavy atom. The fraction of sp³-hybridized carbons (Fsp3) is 0.0667. The van der Waals surface area contributed by atoms with Gasteiger partial charge in [-0.1, -0.05) is 49.0 Å². The molecule has 1 radical (unpaired) electrons. The molecular formula is C15H13OS. The second-order valence-corrected chi connectivity index (χ2v) is 4.09. The first kappa shape index (κ1) is 11.7. The van der Waals surface area contributed by atoms with Crippen molar-refractivity contribution < 1.29 is 4.74 Å². The van der Waals surface area contributed by atoms with Crippen molar-refractivity contribution in [2.45, 2.75) is 11.3 Å². The van der Waals surface area contributed by atoms with Gasteiger partial charge in [0.25, 0.3) is 0 Å².